The van der Waals surface area contributed by atoms with Crippen LogP contribution in [-0.4, -0.2) is 34.9 Å². The molecule has 0 fully saturated rings. The van der Waals surface area contributed by atoms with Crippen LogP contribution in [-0.2, 0) is 22.6 Å². The molecule has 5 heteroatoms. The van der Waals surface area contributed by atoms with E-state index in [-0.39, 0.29) is 18.4 Å². The third-order valence-electron chi connectivity index (χ3n) is 5.63. The minimum absolute atomic E-state index is 0.150. The minimum Gasteiger partial charge on any atom is -0.484 e. The molecule has 0 aliphatic carbocycles. The van der Waals surface area contributed by atoms with Crippen LogP contribution in [0.1, 0.15) is 43.0 Å². The summed E-state index contributed by atoms with van der Waals surface area (Å²) >= 11 is 0. The van der Waals surface area contributed by atoms with Gasteiger partial charge in [-0.05, 0) is 57.9 Å². The van der Waals surface area contributed by atoms with Gasteiger partial charge in [-0.15, -0.1) is 0 Å². The maximum atomic E-state index is 13.6. The van der Waals surface area contributed by atoms with E-state index in [1.54, 1.807) is 4.90 Å². The first-order valence-electron chi connectivity index (χ1n) is 12.0. The van der Waals surface area contributed by atoms with Crippen molar-refractivity contribution in [3.05, 3.63) is 101 Å². The Morgan fingerprint density at radius 2 is 1.40 bits per heavy atom. The van der Waals surface area contributed by atoms with Crippen LogP contribution in [0.5, 0.6) is 5.75 Å². The van der Waals surface area contributed by atoms with Gasteiger partial charge in [0.25, 0.3) is 5.91 Å². The molecular formula is C30H36N2O3. The Bertz CT molecular complexity index is 1100. The van der Waals surface area contributed by atoms with Crippen molar-refractivity contribution in [2.75, 3.05) is 6.61 Å². The third kappa shape index (κ3) is 8.29. The predicted molar refractivity (Wildman–Crippen MR) is 140 cm³/mol. The number of carbonyl (C=O) groups excluding carboxylic acids is 2. The number of amides is 2. The van der Waals surface area contributed by atoms with Gasteiger partial charge in [0.2, 0.25) is 5.91 Å². The maximum Gasteiger partial charge on any atom is 0.261 e. The molecule has 1 N–H and O–H groups in total. The molecule has 1 atom stereocenters. The zero-order chi connectivity index (χ0) is 25.4. The van der Waals surface area contributed by atoms with E-state index >= 15 is 0 Å². The van der Waals surface area contributed by atoms with Crippen LogP contribution in [0.2, 0.25) is 0 Å². The van der Waals surface area contributed by atoms with Crippen molar-refractivity contribution in [2.45, 2.75) is 59.2 Å². The molecule has 35 heavy (non-hydrogen) atoms. The smallest absolute Gasteiger partial charge is 0.261 e. The van der Waals surface area contributed by atoms with E-state index in [1.165, 1.54) is 0 Å². The molecule has 0 unspecified atom stereocenters. The summed E-state index contributed by atoms with van der Waals surface area (Å²) in [4.78, 5) is 28.7. The molecule has 0 aromatic heterocycles. The molecule has 2 amide bonds. The Morgan fingerprint density at radius 1 is 0.829 bits per heavy atom. The Balaban J connectivity index is 1.91. The lowest BCUT2D eigenvalue weighted by Gasteiger charge is -2.33. The summed E-state index contributed by atoms with van der Waals surface area (Å²) in [6.45, 7) is 10.0. The number of benzene rings is 3. The van der Waals surface area contributed by atoms with Crippen molar-refractivity contribution in [2.24, 2.45) is 0 Å². The van der Waals surface area contributed by atoms with Gasteiger partial charge in [-0.1, -0.05) is 77.9 Å². The molecule has 0 aliphatic rings. The second-order valence-corrected chi connectivity index (χ2v) is 10.1. The molecule has 0 heterocycles. The van der Waals surface area contributed by atoms with E-state index in [1.807, 2.05) is 113 Å². The summed E-state index contributed by atoms with van der Waals surface area (Å²) in [6, 6.07) is 24.7. The van der Waals surface area contributed by atoms with Crippen LogP contribution in [0.25, 0.3) is 0 Å². The highest BCUT2D eigenvalue weighted by molar-refractivity contribution is 5.89. The Morgan fingerprint density at radius 3 is 1.97 bits per heavy atom. The van der Waals surface area contributed by atoms with Gasteiger partial charge in [0.15, 0.2) is 6.61 Å². The molecule has 0 saturated carbocycles. The van der Waals surface area contributed by atoms with Gasteiger partial charge in [0.05, 0.1) is 0 Å². The molecule has 0 bridgehead atoms. The molecule has 3 rings (SSSR count). The van der Waals surface area contributed by atoms with Crippen molar-refractivity contribution in [3.63, 3.8) is 0 Å². The van der Waals surface area contributed by atoms with Gasteiger partial charge in [-0.25, -0.2) is 0 Å². The van der Waals surface area contributed by atoms with Crippen molar-refractivity contribution in [1.82, 2.24) is 10.2 Å². The zero-order valence-corrected chi connectivity index (χ0v) is 21.4. The summed E-state index contributed by atoms with van der Waals surface area (Å²) in [5, 5.41) is 3.08. The molecule has 0 radical (unpaired) electrons. The standard InChI is InChI=1S/C30H36N2O3/c1-22-11-15-25(16-12-22)20-32(28(33)21-35-26-17-13-23(2)14-18-26)27(29(34)31-30(3,4)5)19-24-9-7-6-8-10-24/h6-18,27H,19-21H2,1-5H3,(H,31,34)/t27-/m1/s1. The number of aryl methyl sites for hydroxylation is 2. The number of rotatable bonds is 9. The van der Waals surface area contributed by atoms with Crippen LogP contribution < -0.4 is 10.1 Å². The lowest BCUT2D eigenvalue weighted by molar-refractivity contribution is -0.143. The molecule has 0 spiro atoms. The monoisotopic (exact) mass is 472 g/mol. The average molecular weight is 473 g/mol. The van der Waals surface area contributed by atoms with Gasteiger partial charge in [0.1, 0.15) is 11.8 Å². The highest BCUT2D eigenvalue weighted by Gasteiger charge is 2.32. The topological polar surface area (TPSA) is 58.6 Å². The Kier molecular flexibility index (Phi) is 8.69. The normalized spacial score (nSPS) is 12.0. The fraction of sp³-hybridized carbons (Fsp3) is 0.333. The van der Waals surface area contributed by atoms with Gasteiger partial charge < -0.3 is 15.0 Å². The average Bonchev–Trinajstić information content (AvgIpc) is 2.81. The van der Waals surface area contributed by atoms with Crippen LogP contribution >= 0.6 is 0 Å². The van der Waals surface area contributed by atoms with Gasteiger partial charge in [-0.3, -0.25) is 9.59 Å². The molecule has 0 saturated heterocycles. The fourth-order valence-electron chi connectivity index (χ4n) is 3.76. The van der Waals surface area contributed by atoms with Crippen LogP contribution in [0.3, 0.4) is 0 Å². The van der Waals surface area contributed by atoms with E-state index in [9.17, 15) is 9.59 Å². The number of nitrogens with one attached hydrogen (secondary N) is 1. The zero-order valence-electron chi connectivity index (χ0n) is 21.4. The van der Waals surface area contributed by atoms with Crippen molar-refractivity contribution >= 4 is 11.8 Å². The second-order valence-electron chi connectivity index (χ2n) is 10.1. The lowest BCUT2D eigenvalue weighted by Crippen LogP contribution is -2.55. The van der Waals surface area contributed by atoms with Gasteiger partial charge >= 0.3 is 0 Å². The van der Waals surface area contributed by atoms with E-state index in [4.69, 9.17) is 4.74 Å². The maximum absolute atomic E-state index is 13.6. The van der Waals surface area contributed by atoms with Crippen molar-refractivity contribution < 1.29 is 14.3 Å². The molecular weight excluding hydrogens is 436 g/mol. The van der Waals surface area contributed by atoms with Crippen molar-refractivity contribution in [3.8, 4) is 5.75 Å². The minimum atomic E-state index is -0.688. The largest absolute Gasteiger partial charge is 0.484 e. The molecule has 3 aromatic rings. The number of hydrogen-bond acceptors (Lipinski definition) is 3. The summed E-state index contributed by atoms with van der Waals surface area (Å²) in [5.41, 5.74) is 3.78. The van der Waals surface area contributed by atoms with Crippen LogP contribution in [0.4, 0.5) is 0 Å². The molecule has 0 aliphatic heterocycles. The number of nitrogens with zero attached hydrogens (tertiary/aromatic N) is 1. The van der Waals surface area contributed by atoms with Crippen LogP contribution in [0, 0.1) is 13.8 Å². The quantitative estimate of drug-likeness (QED) is 0.464. The van der Waals surface area contributed by atoms with E-state index in [0.29, 0.717) is 18.7 Å². The van der Waals surface area contributed by atoms with Gasteiger partial charge in [-0.2, -0.15) is 0 Å². The van der Waals surface area contributed by atoms with Crippen LogP contribution in [0.15, 0.2) is 78.9 Å². The molecule has 3 aromatic carbocycles. The lowest BCUT2D eigenvalue weighted by atomic mass is 10.0. The first kappa shape index (κ1) is 26.0. The van der Waals surface area contributed by atoms with Gasteiger partial charge in [0, 0.05) is 18.5 Å². The number of ether oxygens (including phenoxy) is 1. The first-order chi connectivity index (χ1) is 16.6. The fourth-order valence-corrected chi connectivity index (χ4v) is 3.76. The summed E-state index contributed by atoms with van der Waals surface area (Å²) in [7, 11) is 0. The summed E-state index contributed by atoms with van der Waals surface area (Å²) < 4.78 is 5.82. The molecule has 5 nitrogen and oxygen atoms in total. The highest BCUT2D eigenvalue weighted by Crippen LogP contribution is 2.18. The SMILES string of the molecule is Cc1ccc(CN(C(=O)COc2ccc(C)cc2)[C@H](Cc2ccccc2)C(=O)NC(C)(C)C)cc1. The van der Waals surface area contributed by atoms with E-state index < -0.39 is 11.6 Å². The Labute approximate surface area is 209 Å². The number of carbonyl (C=O) groups is 2. The predicted octanol–water partition coefficient (Wildman–Crippen LogP) is 5.24. The third-order valence-corrected chi connectivity index (χ3v) is 5.63. The Hall–Kier alpha value is -3.60. The molecule has 184 valence electrons. The first-order valence-corrected chi connectivity index (χ1v) is 12.0. The summed E-state index contributed by atoms with van der Waals surface area (Å²) in [5.74, 6) is 0.200. The summed E-state index contributed by atoms with van der Waals surface area (Å²) in [6.07, 6.45) is 0.408. The van der Waals surface area contributed by atoms with Crippen molar-refractivity contribution in [1.29, 1.82) is 0 Å². The highest BCUT2D eigenvalue weighted by atomic mass is 16.5. The van der Waals surface area contributed by atoms with E-state index in [0.717, 1.165) is 22.3 Å². The van der Waals surface area contributed by atoms with E-state index in [2.05, 4.69) is 5.32 Å². The number of hydrogen-bond donors (Lipinski definition) is 1. The second kappa shape index (κ2) is 11.7.